The molecule has 1 heterocycles. The van der Waals surface area contributed by atoms with Crippen LogP contribution in [-0.4, -0.2) is 25.7 Å². The molecule has 1 saturated carbocycles. The predicted octanol–water partition coefficient (Wildman–Crippen LogP) is 2.93. The summed E-state index contributed by atoms with van der Waals surface area (Å²) in [5.41, 5.74) is 0.491. The molecular weight excluding hydrogens is 208 g/mol. The van der Waals surface area contributed by atoms with Gasteiger partial charge in [0.2, 0.25) is 0 Å². The van der Waals surface area contributed by atoms with Crippen molar-refractivity contribution in [1.29, 1.82) is 0 Å². The van der Waals surface area contributed by atoms with E-state index >= 15 is 0 Å². The lowest BCUT2D eigenvalue weighted by Gasteiger charge is -2.33. The quantitative estimate of drug-likeness (QED) is 0.769. The lowest BCUT2D eigenvalue weighted by molar-refractivity contribution is 0.204. The fourth-order valence-electron chi connectivity index (χ4n) is 3.52. The van der Waals surface area contributed by atoms with Crippen LogP contribution in [-0.2, 0) is 0 Å². The molecule has 0 aromatic rings. The summed E-state index contributed by atoms with van der Waals surface area (Å²) in [6.45, 7) is 8.47. The highest BCUT2D eigenvalue weighted by molar-refractivity contribution is 4.85. The molecule has 1 aliphatic carbocycles. The van der Waals surface area contributed by atoms with Crippen molar-refractivity contribution in [2.75, 3.05) is 19.6 Å². The van der Waals surface area contributed by atoms with Crippen LogP contribution in [0.3, 0.4) is 0 Å². The van der Waals surface area contributed by atoms with E-state index in [0.717, 1.165) is 18.5 Å². The van der Waals surface area contributed by atoms with E-state index in [1.165, 1.54) is 58.0 Å². The summed E-state index contributed by atoms with van der Waals surface area (Å²) in [6.07, 6.45) is 9.95. The van der Waals surface area contributed by atoms with Gasteiger partial charge in [-0.05, 0) is 43.6 Å². The molecule has 0 aromatic carbocycles. The van der Waals surface area contributed by atoms with Gasteiger partial charge in [-0.15, -0.1) is 0 Å². The summed E-state index contributed by atoms with van der Waals surface area (Å²) in [5, 5.41) is 7.32. The minimum absolute atomic E-state index is 0.491. The Morgan fingerprint density at radius 1 is 1.06 bits per heavy atom. The molecule has 2 aliphatic rings. The van der Waals surface area contributed by atoms with Crippen molar-refractivity contribution in [1.82, 2.24) is 10.6 Å². The molecular formula is C15H30N2. The third kappa shape index (κ3) is 3.96. The zero-order chi connectivity index (χ0) is 12.1. The molecule has 17 heavy (non-hydrogen) atoms. The molecule has 2 N–H and O–H groups in total. The second kappa shape index (κ2) is 6.19. The van der Waals surface area contributed by atoms with E-state index in [4.69, 9.17) is 0 Å². The number of piperidine rings is 1. The van der Waals surface area contributed by atoms with Gasteiger partial charge in [-0.3, -0.25) is 0 Å². The Labute approximate surface area is 107 Å². The molecule has 0 spiro atoms. The number of hydrogen-bond donors (Lipinski definition) is 2. The van der Waals surface area contributed by atoms with Crippen molar-refractivity contribution < 1.29 is 0 Å². The summed E-state index contributed by atoms with van der Waals surface area (Å²) in [5.74, 6) is 0.953. The van der Waals surface area contributed by atoms with Crippen LogP contribution in [0.4, 0.5) is 0 Å². The van der Waals surface area contributed by atoms with Gasteiger partial charge >= 0.3 is 0 Å². The van der Waals surface area contributed by atoms with Crippen molar-refractivity contribution in [2.24, 2.45) is 11.3 Å². The number of nitrogens with one attached hydrogen (secondary N) is 2. The first-order valence-electron chi connectivity index (χ1n) is 7.62. The highest BCUT2D eigenvalue weighted by atomic mass is 15.0. The molecule has 2 fully saturated rings. The van der Waals surface area contributed by atoms with E-state index in [-0.39, 0.29) is 0 Å². The maximum absolute atomic E-state index is 3.71. The molecule has 2 heteroatoms. The zero-order valence-corrected chi connectivity index (χ0v) is 11.7. The molecule has 0 amide bonds. The topological polar surface area (TPSA) is 24.1 Å². The van der Waals surface area contributed by atoms with E-state index in [9.17, 15) is 0 Å². The Bertz CT molecular complexity index is 213. The minimum Gasteiger partial charge on any atom is -0.315 e. The van der Waals surface area contributed by atoms with Crippen LogP contribution in [0, 0.1) is 11.3 Å². The average Bonchev–Trinajstić information content (AvgIpc) is 2.84. The van der Waals surface area contributed by atoms with Crippen LogP contribution in [0.5, 0.6) is 0 Å². The zero-order valence-electron chi connectivity index (χ0n) is 11.7. The normalized spacial score (nSPS) is 27.5. The lowest BCUT2D eigenvalue weighted by atomic mass is 9.77. The van der Waals surface area contributed by atoms with Gasteiger partial charge in [0, 0.05) is 19.1 Å². The first-order valence-corrected chi connectivity index (χ1v) is 7.62. The second-order valence-corrected chi connectivity index (χ2v) is 6.75. The second-order valence-electron chi connectivity index (χ2n) is 6.75. The molecule has 2 nitrogen and oxygen atoms in total. The van der Waals surface area contributed by atoms with E-state index in [0.29, 0.717) is 5.41 Å². The molecule has 1 unspecified atom stereocenters. The maximum Gasteiger partial charge on any atom is 0.0192 e. The molecule has 1 aliphatic heterocycles. The standard InChI is InChI=1S/C15H30N2/c1-15(2,13-7-3-4-8-13)12-16-11-14-9-5-6-10-17-14/h13-14,16-17H,3-12H2,1-2H3. The Morgan fingerprint density at radius 2 is 1.76 bits per heavy atom. The Kier molecular flexibility index (Phi) is 4.87. The summed E-state index contributed by atoms with van der Waals surface area (Å²) >= 11 is 0. The molecule has 0 radical (unpaired) electrons. The van der Waals surface area contributed by atoms with E-state index in [1.54, 1.807) is 0 Å². The Hall–Kier alpha value is -0.0800. The predicted molar refractivity (Wildman–Crippen MR) is 74.3 cm³/mol. The fraction of sp³-hybridized carbons (Fsp3) is 1.00. The van der Waals surface area contributed by atoms with Gasteiger partial charge in [0.1, 0.15) is 0 Å². The SMILES string of the molecule is CC(C)(CNCC1CCCCN1)C1CCCC1. The highest BCUT2D eigenvalue weighted by Gasteiger charge is 2.31. The van der Waals surface area contributed by atoms with Crippen LogP contribution in [0.1, 0.15) is 58.8 Å². The molecule has 1 atom stereocenters. The van der Waals surface area contributed by atoms with Gasteiger partial charge in [0.15, 0.2) is 0 Å². The molecule has 2 rings (SSSR count). The smallest absolute Gasteiger partial charge is 0.0192 e. The van der Waals surface area contributed by atoms with Gasteiger partial charge in [-0.2, -0.15) is 0 Å². The van der Waals surface area contributed by atoms with Gasteiger partial charge in [-0.25, -0.2) is 0 Å². The fourth-order valence-corrected chi connectivity index (χ4v) is 3.52. The Balaban J connectivity index is 1.65. The van der Waals surface area contributed by atoms with Crippen molar-refractivity contribution in [3.05, 3.63) is 0 Å². The van der Waals surface area contributed by atoms with Gasteiger partial charge in [0.25, 0.3) is 0 Å². The summed E-state index contributed by atoms with van der Waals surface area (Å²) in [4.78, 5) is 0. The summed E-state index contributed by atoms with van der Waals surface area (Å²) < 4.78 is 0. The first-order chi connectivity index (χ1) is 8.18. The van der Waals surface area contributed by atoms with Crippen molar-refractivity contribution in [3.8, 4) is 0 Å². The molecule has 0 bridgehead atoms. The number of rotatable bonds is 5. The van der Waals surface area contributed by atoms with Crippen molar-refractivity contribution >= 4 is 0 Å². The molecule has 0 aromatic heterocycles. The van der Waals surface area contributed by atoms with Gasteiger partial charge < -0.3 is 10.6 Å². The summed E-state index contributed by atoms with van der Waals surface area (Å²) in [6, 6.07) is 0.725. The van der Waals surface area contributed by atoms with Gasteiger partial charge in [0.05, 0.1) is 0 Å². The lowest BCUT2D eigenvalue weighted by Crippen LogP contribution is -2.44. The molecule has 1 saturated heterocycles. The highest BCUT2D eigenvalue weighted by Crippen LogP contribution is 2.38. The third-order valence-electron chi connectivity index (χ3n) is 4.84. The van der Waals surface area contributed by atoms with Crippen LogP contribution in [0.15, 0.2) is 0 Å². The van der Waals surface area contributed by atoms with Crippen molar-refractivity contribution in [2.45, 2.75) is 64.8 Å². The largest absolute Gasteiger partial charge is 0.315 e. The van der Waals surface area contributed by atoms with Gasteiger partial charge in [-0.1, -0.05) is 33.1 Å². The third-order valence-corrected chi connectivity index (χ3v) is 4.84. The van der Waals surface area contributed by atoms with Crippen molar-refractivity contribution in [3.63, 3.8) is 0 Å². The van der Waals surface area contributed by atoms with E-state index in [1.807, 2.05) is 0 Å². The van der Waals surface area contributed by atoms with Crippen LogP contribution < -0.4 is 10.6 Å². The monoisotopic (exact) mass is 238 g/mol. The average molecular weight is 238 g/mol. The van der Waals surface area contributed by atoms with Crippen LogP contribution in [0.2, 0.25) is 0 Å². The summed E-state index contributed by atoms with van der Waals surface area (Å²) in [7, 11) is 0. The Morgan fingerprint density at radius 3 is 2.41 bits per heavy atom. The molecule has 100 valence electrons. The minimum atomic E-state index is 0.491. The van der Waals surface area contributed by atoms with E-state index < -0.39 is 0 Å². The maximum atomic E-state index is 3.71. The first kappa shape index (κ1) is 13.4. The van der Waals surface area contributed by atoms with Crippen LogP contribution >= 0.6 is 0 Å². The van der Waals surface area contributed by atoms with Crippen LogP contribution in [0.25, 0.3) is 0 Å². The number of hydrogen-bond acceptors (Lipinski definition) is 2. The van der Waals surface area contributed by atoms with E-state index in [2.05, 4.69) is 24.5 Å².